The van der Waals surface area contributed by atoms with Crippen molar-refractivity contribution >= 4 is 11.7 Å². The Labute approximate surface area is 182 Å². The predicted octanol–water partition coefficient (Wildman–Crippen LogP) is 4.05. The summed E-state index contributed by atoms with van der Waals surface area (Å²) < 4.78 is 21.2. The topological polar surface area (TPSA) is 74.3 Å². The molecule has 1 heterocycles. The molecule has 1 fully saturated rings. The van der Waals surface area contributed by atoms with Crippen LogP contribution in [0.5, 0.6) is 23.0 Å². The third-order valence-electron chi connectivity index (χ3n) is 5.64. The van der Waals surface area contributed by atoms with E-state index >= 15 is 0 Å². The lowest BCUT2D eigenvalue weighted by atomic mass is 10.0. The molecular weight excluding hydrogens is 398 g/mol. The molecule has 166 valence electrons. The van der Waals surface area contributed by atoms with E-state index in [1.165, 1.54) is 7.11 Å². The molecule has 0 saturated carbocycles. The highest BCUT2D eigenvalue weighted by molar-refractivity contribution is 5.98. The second kappa shape index (κ2) is 10.2. The van der Waals surface area contributed by atoms with Gasteiger partial charge in [0.2, 0.25) is 5.91 Å². The molecule has 1 aliphatic heterocycles. The van der Waals surface area contributed by atoms with Crippen molar-refractivity contribution in [3.63, 3.8) is 0 Å². The van der Waals surface area contributed by atoms with Crippen LogP contribution in [0.1, 0.15) is 47.6 Å². The lowest BCUT2D eigenvalue weighted by molar-refractivity contribution is -0.132. The SMILES string of the molecule is COc1ccc(C(=O)CCC(=O)N2CCCC2c2ccc(OC)c(OC)c2)cc1OC. The standard InChI is InChI=1S/C24H29NO6/c1-28-20-10-7-16(14-22(20)30-3)18-6-5-13-25(18)24(27)12-9-19(26)17-8-11-21(29-2)23(15-17)31-4/h7-8,10-11,14-15,18H,5-6,9,12-13H2,1-4H3. The molecule has 0 aromatic heterocycles. The van der Waals surface area contributed by atoms with Gasteiger partial charge in [-0.3, -0.25) is 9.59 Å². The molecule has 3 rings (SSSR count). The summed E-state index contributed by atoms with van der Waals surface area (Å²) in [5.41, 5.74) is 1.51. The molecule has 0 radical (unpaired) electrons. The Morgan fingerprint density at radius 2 is 1.45 bits per heavy atom. The highest BCUT2D eigenvalue weighted by atomic mass is 16.5. The van der Waals surface area contributed by atoms with Crippen LogP contribution in [0.15, 0.2) is 36.4 Å². The van der Waals surface area contributed by atoms with Crippen molar-refractivity contribution in [2.45, 2.75) is 31.7 Å². The lowest BCUT2D eigenvalue weighted by Gasteiger charge is -2.25. The Balaban J connectivity index is 1.67. The van der Waals surface area contributed by atoms with Crippen LogP contribution in [0, 0.1) is 0 Å². The average Bonchev–Trinajstić information content (AvgIpc) is 3.31. The fourth-order valence-electron chi connectivity index (χ4n) is 3.99. The molecule has 2 aromatic carbocycles. The van der Waals surface area contributed by atoms with Gasteiger partial charge in [-0.15, -0.1) is 0 Å². The molecule has 1 saturated heterocycles. The van der Waals surface area contributed by atoms with Crippen molar-refractivity contribution in [2.24, 2.45) is 0 Å². The monoisotopic (exact) mass is 427 g/mol. The summed E-state index contributed by atoms with van der Waals surface area (Å²) in [6, 6.07) is 10.8. The van der Waals surface area contributed by atoms with Gasteiger partial charge in [0.1, 0.15) is 0 Å². The Bertz CT molecular complexity index is 942. The molecule has 0 N–H and O–H groups in total. The maximum atomic E-state index is 12.9. The lowest BCUT2D eigenvalue weighted by Crippen LogP contribution is -2.30. The number of likely N-dealkylation sites (tertiary alicyclic amines) is 1. The van der Waals surface area contributed by atoms with Crippen molar-refractivity contribution < 1.29 is 28.5 Å². The molecular formula is C24H29NO6. The Morgan fingerprint density at radius 3 is 2.10 bits per heavy atom. The molecule has 0 spiro atoms. The Kier molecular flexibility index (Phi) is 7.39. The zero-order valence-electron chi connectivity index (χ0n) is 18.5. The number of methoxy groups -OCH3 is 4. The van der Waals surface area contributed by atoms with Gasteiger partial charge in [0.15, 0.2) is 28.8 Å². The number of nitrogens with zero attached hydrogens (tertiary/aromatic N) is 1. The van der Waals surface area contributed by atoms with Crippen molar-refractivity contribution in [2.75, 3.05) is 35.0 Å². The molecule has 1 aliphatic rings. The van der Waals surface area contributed by atoms with Crippen LogP contribution in [0.25, 0.3) is 0 Å². The minimum Gasteiger partial charge on any atom is -0.493 e. The van der Waals surface area contributed by atoms with E-state index in [4.69, 9.17) is 18.9 Å². The number of Topliss-reactive ketones (excluding diaryl/α,β-unsaturated/α-hetero) is 1. The molecule has 1 atom stereocenters. The number of amides is 1. The second-order valence-corrected chi connectivity index (χ2v) is 7.35. The van der Waals surface area contributed by atoms with E-state index in [0.29, 0.717) is 35.1 Å². The average molecular weight is 427 g/mol. The van der Waals surface area contributed by atoms with Crippen molar-refractivity contribution in [1.29, 1.82) is 0 Å². The predicted molar refractivity (Wildman–Crippen MR) is 116 cm³/mol. The number of ether oxygens (including phenoxy) is 4. The second-order valence-electron chi connectivity index (χ2n) is 7.35. The van der Waals surface area contributed by atoms with E-state index < -0.39 is 0 Å². The van der Waals surface area contributed by atoms with E-state index in [1.807, 2.05) is 23.1 Å². The largest absolute Gasteiger partial charge is 0.493 e. The number of rotatable bonds is 9. The van der Waals surface area contributed by atoms with Crippen molar-refractivity contribution in [3.05, 3.63) is 47.5 Å². The third-order valence-corrected chi connectivity index (χ3v) is 5.64. The zero-order chi connectivity index (χ0) is 22.4. The third kappa shape index (κ3) is 4.93. The summed E-state index contributed by atoms with van der Waals surface area (Å²) in [6.45, 7) is 0.683. The molecule has 31 heavy (non-hydrogen) atoms. The first kappa shape index (κ1) is 22.5. The first-order valence-corrected chi connectivity index (χ1v) is 10.3. The minimum atomic E-state index is -0.101. The molecule has 0 bridgehead atoms. The number of carbonyl (C=O) groups is 2. The van der Waals surface area contributed by atoms with Gasteiger partial charge in [0.05, 0.1) is 34.5 Å². The Morgan fingerprint density at radius 1 is 0.839 bits per heavy atom. The molecule has 2 aromatic rings. The summed E-state index contributed by atoms with van der Waals surface area (Å²) in [7, 11) is 6.26. The van der Waals surface area contributed by atoms with E-state index in [9.17, 15) is 9.59 Å². The first-order valence-electron chi connectivity index (χ1n) is 10.3. The number of carbonyl (C=O) groups excluding carboxylic acids is 2. The van der Waals surface area contributed by atoms with Gasteiger partial charge >= 0.3 is 0 Å². The molecule has 1 amide bonds. The van der Waals surface area contributed by atoms with Gasteiger partial charge in [0.25, 0.3) is 0 Å². The van der Waals surface area contributed by atoms with Gasteiger partial charge in [-0.05, 0) is 48.7 Å². The van der Waals surface area contributed by atoms with E-state index in [-0.39, 0.29) is 30.6 Å². The van der Waals surface area contributed by atoms with Crippen LogP contribution in [0.3, 0.4) is 0 Å². The van der Waals surface area contributed by atoms with Crippen molar-refractivity contribution in [1.82, 2.24) is 4.90 Å². The quantitative estimate of drug-likeness (QED) is 0.562. The van der Waals surface area contributed by atoms with E-state index in [2.05, 4.69) is 0 Å². The summed E-state index contributed by atoms with van der Waals surface area (Å²) in [4.78, 5) is 27.4. The van der Waals surface area contributed by atoms with Crippen molar-refractivity contribution in [3.8, 4) is 23.0 Å². The van der Waals surface area contributed by atoms with Crippen LogP contribution >= 0.6 is 0 Å². The maximum Gasteiger partial charge on any atom is 0.223 e. The van der Waals surface area contributed by atoms with Gasteiger partial charge < -0.3 is 23.8 Å². The van der Waals surface area contributed by atoms with Gasteiger partial charge in [-0.2, -0.15) is 0 Å². The fraction of sp³-hybridized carbons (Fsp3) is 0.417. The van der Waals surface area contributed by atoms with Gasteiger partial charge in [-0.25, -0.2) is 0 Å². The summed E-state index contributed by atoms with van der Waals surface area (Å²) in [5.74, 6) is 2.23. The number of ketones is 1. The zero-order valence-corrected chi connectivity index (χ0v) is 18.5. The van der Waals surface area contributed by atoms with Gasteiger partial charge in [-0.1, -0.05) is 6.07 Å². The summed E-state index contributed by atoms with van der Waals surface area (Å²) >= 11 is 0. The minimum absolute atomic E-state index is 0.0221. The van der Waals surface area contributed by atoms with Crippen LogP contribution < -0.4 is 18.9 Å². The molecule has 7 heteroatoms. The summed E-state index contributed by atoms with van der Waals surface area (Å²) in [5, 5.41) is 0. The molecule has 0 aliphatic carbocycles. The maximum absolute atomic E-state index is 12.9. The fourth-order valence-corrected chi connectivity index (χ4v) is 3.99. The molecule has 1 unspecified atom stereocenters. The number of benzene rings is 2. The van der Waals surface area contributed by atoms with Crippen LogP contribution in [-0.4, -0.2) is 51.6 Å². The highest BCUT2D eigenvalue weighted by Crippen LogP contribution is 2.37. The molecule has 7 nitrogen and oxygen atoms in total. The highest BCUT2D eigenvalue weighted by Gasteiger charge is 2.30. The normalized spacial score (nSPS) is 15.5. The first-order chi connectivity index (χ1) is 15.0. The van der Waals surface area contributed by atoms with Crippen LogP contribution in [0.2, 0.25) is 0 Å². The van der Waals surface area contributed by atoms with Gasteiger partial charge in [0, 0.05) is 24.9 Å². The summed E-state index contributed by atoms with van der Waals surface area (Å²) in [6.07, 6.45) is 2.11. The van der Waals surface area contributed by atoms with Crippen LogP contribution in [0.4, 0.5) is 0 Å². The van der Waals surface area contributed by atoms with Crippen LogP contribution in [-0.2, 0) is 4.79 Å². The number of hydrogen-bond acceptors (Lipinski definition) is 6. The number of hydrogen-bond donors (Lipinski definition) is 0. The smallest absolute Gasteiger partial charge is 0.223 e. The Hall–Kier alpha value is -3.22. The van der Waals surface area contributed by atoms with E-state index in [0.717, 1.165) is 18.4 Å². The van der Waals surface area contributed by atoms with E-state index in [1.54, 1.807) is 39.5 Å².